The van der Waals surface area contributed by atoms with E-state index in [0.29, 0.717) is 19.6 Å². The number of amides is 1. The van der Waals surface area contributed by atoms with Gasteiger partial charge in [-0.3, -0.25) is 4.90 Å². The molecule has 1 saturated heterocycles. The number of rotatable bonds is 4. The van der Waals surface area contributed by atoms with E-state index in [1.165, 1.54) is 0 Å². The number of ether oxygens (including phenoxy) is 1. The van der Waals surface area contributed by atoms with E-state index in [2.05, 4.69) is 15.9 Å². The summed E-state index contributed by atoms with van der Waals surface area (Å²) in [6, 6.07) is 7.74. The van der Waals surface area contributed by atoms with Crippen LogP contribution in [-0.4, -0.2) is 35.4 Å². The van der Waals surface area contributed by atoms with Crippen molar-refractivity contribution in [1.82, 2.24) is 4.90 Å². The Balaban J connectivity index is 2.11. The van der Waals surface area contributed by atoms with Crippen molar-refractivity contribution < 1.29 is 14.6 Å². The predicted octanol–water partition coefficient (Wildman–Crippen LogP) is 2.15. The lowest BCUT2D eigenvalue weighted by molar-refractivity contribution is 0.155. The molecule has 0 saturated carbocycles. The second-order valence-electron chi connectivity index (χ2n) is 3.96. The summed E-state index contributed by atoms with van der Waals surface area (Å²) in [6.07, 6.45) is 0.245. The molecule has 1 aromatic carbocycles. The number of carbonyl (C=O) groups excluding carboxylic acids is 1. The SMILES string of the molecule is O=C1OCC(CCO)N1Cc1ccccc1Br. The minimum Gasteiger partial charge on any atom is -0.447 e. The van der Waals surface area contributed by atoms with E-state index in [9.17, 15) is 4.79 Å². The summed E-state index contributed by atoms with van der Waals surface area (Å²) in [5.74, 6) is 0. The van der Waals surface area contributed by atoms with Crippen LogP contribution < -0.4 is 0 Å². The number of hydrogen-bond acceptors (Lipinski definition) is 3. The zero-order valence-electron chi connectivity index (χ0n) is 9.30. The minimum absolute atomic E-state index is 0.0281. The van der Waals surface area contributed by atoms with Crippen molar-refractivity contribution >= 4 is 22.0 Å². The fraction of sp³-hybridized carbons (Fsp3) is 0.417. The Morgan fingerprint density at radius 2 is 2.24 bits per heavy atom. The summed E-state index contributed by atoms with van der Waals surface area (Å²) in [6.45, 7) is 0.933. The van der Waals surface area contributed by atoms with Crippen LogP contribution in [0.5, 0.6) is 0 Å². The molecule has 0 aromatic heterocycles. The van der Waals surface area contributed by atoms with Gasteiger partial charge in [-0.05, 0) is 18.1 Å². The van der Waals surface area contributed by atoms with Crippen LogP contribution in [0.2, 0.25) is 0 Å². The van der Waals surface area contributed by atoms with E-state index in [1.54, 1.807) is 4.90 Å². The normalized spacial score (nSPS) is 19.5. The number of halogens is 1. The van der Waals surface area contributed by atoms with Crippen LogP contribution >= 0.6 is 15.9 Å². The van der Waals surface area contributed by atoms with Crippen LogP contribution in [0.3, 0.4) is 0 Å². The topological polar surface area (TPSA) is 49.8 Å². The summed E-state index contributed by atoms with van der Waals surface area (Å²) in [4.78, 5) is 13.2. The molecule has 4 nitrogen and oxygen atoms in total. The molecule has 0 bridgehead atoms. The molecule has 1 amide bonds. The van der Waals surface area contributed by atoms with Gasteiger partial charge in [0.25, 0.3) is 0 Å². The Morgan fingerprint density at radius 3 is 2.94 bits per heavy atom. The van der Waals surface area contributed by atoms with Gasteiger partial charge in [-0.15, -0.1) is 0 Å². The molecule has 1 heterocycles. The zero-order chi connectivity index (χ0) is 12.3. The van der Waals surface area contributed by atoms with Crippen LogP contribution in [-0.2, 0) is 11.3 Å². The smallest absolute Gasteiger partial charge is 0.410 e. The van der Waals surface area contributed by atoms with Crippen molar-refractivity contribution in [1.29, 1.82) is 0 Å². The van der Waals surface area contributed by atoms with Crippen molar-refractivity contribution in [3.63, 3.8) is 0 Å². The van der Waals surface area contributed by atoms with E-state index < -0.39 is 0 Å². The number of aliphatic hydroxyl groups excluding tert-OH is 1. The van der Waals surface area contributed by atoms with Gasteiger partial charge >= 0.3 is 6.09 Å². The molecule has 1 atom stereocenters. The second-order valence-corrected chi connectivity index (χ2v) is 4.82. The molecule has 1 fully saturated rings. The zero-order valence-corrected chi connectivity index (χ0v) is 10.9. The van der Waals surface area contributed by atoms with E-state index in [4.69, 9.17) is 9.84 Å². The molecule has 0 radical (unpaired) electrons. The first kappa shape index (κ1) is 12.4. The summed E-state index contributed by atoms with van der Waals surface area (Å²) in [5.41, 5.74) is 1.04. The molecular weight excluding hydrogens is 286 g/mol. The highest BCUT2D eigenvalue weighted by atomic mass is 79.9. The third-order valence-electron chi connectivity index (χ3n) is 2.84. The monoisotopic (exact) mass is 299 g/mol. The maximum Gasteiger partial charge on any atom is 0.410 e. The van der Waals surface area contributed by atoms with E-state index in [1.807, 2.05) is 24.3 Å². The second kappa shape index (κ2) is 5.51. The summed E-state index contributed by atoms with van der Waals surface area (Å²) in [5, 5.41) is 8.95. The van der Waals surface area contributed by atoms with Gasteiger partial charge in [-0.1, -0.05) is 34.1 Å². The fourth-order valence-corrected chi connectivity index (χ4v) is 2.29. The fourth-order valence-electron chi connectivity index (χ4n) is 1.88. The van der Waals surface area contributed by atoms with Gasteiger partial charge in [-0.25, -0.2) is 4.79 Å². The molecule has 0 aliphatic carbocycles. The summed E-state index contributed by atoms with van der Waals surface area (Å²) in [7, 11) is 0. The summed E-state index contributed by atoms with van der Waals surface area (Å²) >= 11 is 3.45. The molecule has 1 aliphatic rings. The molecule has 17 heavy (non-hydrogen) atoms. The number of nitrogens with zero attached hydrogens (tertiary/aromatic N) is 1. The lowest BCUT2D eigenvalue weighted by atomic mass is 10.1. The maximum atomic E-state index is 11.6. The van der Waals surface area contributed by atoms with Gasteiger partial charge in [0.2, 0.25) is 0 Å². The minimum atomic E-state index is -0.306. The molecular formula is C12H14BrNO3. The van der Waals surface area contributed by atoms with E-state index >= 15 is 0 Å². The first-order valence-corrected chi connectivity index (χ1v) is 6.29. The highest BCUT2D eigenvalue weighted by Crippen LogP contribution is 2.23. The molecule has 92 valence electrons. The van der Waals surface area contributed by atoms with Gasteiger partial charge in [0.1, 0.15) is 6.61 Å². The lowest BCUT2D eigenvalue weighted by Gasteiger charge is -2.21. The third kappa shape index (κ3) is 2.79. The quantitative estimate of drug-likeness (QED) is 0.927. The Labute approximate surface area is 108 Å². The van der Waals surface area contributed by atoms with Gasteiger partial charge in [-0.2, -0.15) is 0 Å². The number of hydrogen-bond donors (Lipinski definition) is 1. The van der Waals surface area contributed by atoms with Crippen LogP contribution in [0.1, 0.15) is 12.0 Å². The molecule has 1 aromatic rings. The summed E-state index contributed by atoms with van der Waals surface area (Å²) < 4.78 is 5.98. The molecule has 5 heteroatoms. The van der Waals surface area contributed by atoms with Crippen LogP contribution in [0.15, 0.2) is 28.7 Å². The third-order valence-corrected chi connectivity index (χ3v) is 3.61. The Hall–Kier alpha value is -1.07. The first-order chi connectivity index (χ1) is 8.22. The Bertz CT molecular complexity index is 410. The van der Waals surface area contributed by atoms with Crippen LogP contribution in [0.4, 0.5) is 4.79 Å². The van der Waals surface area contributed by atoms with Crippen molar-refractivity contribution in [3.05, 3.63) is 34.3 Å². The van der Waals surface area contributed by atoms with Crippen LogP contribution in [0.25, 0.3) is 0 Å². The average molecular weight is 300 g/mol. The van der Waals surface area contributed by atoms with Crippen molar-refractivity contribution in [2.75, 3.05) is 13.2 Å². The number of aliphatic hydroxyl groups is 1. The molecule has 1 unspecified atom stereocenters. The Morgan fingerprint density at radius 1 is 1.47 bits per heavy atom. The largest absolute Gasteiger partial charge is 0.447 e. The van der Waals surface area contributed by atoms with Crippen molar-refractivity contribution in [2.24, 2.45) is 0 Å². The number of benzene rings is 1. The number of cyclic esters (lactones) is 1. The Kier molecular flexibility index (Phi) is 4.02. The van der Waals surface area contributed by atoms with Gasteiger partial charge in [0.15, 0.2) is 0 Å². The predicted molar refractivity (Wildman–Crippen MR) is 66.5 cm³/mol. The van der Waals surface area contributed by atoms with E-state index in [0.717, 1.165) is 10.0 Å². The highest BCUT2D eigenvalue weighted by molar-refractivity contribution is 9.10. The van der Waals surface area contributed by atoms with Crippen molar-refractivity contribution in [2.45, 2.75) is 19.0 Å². The van der Waals surface area contributed by atoms with Gasteiger partial charge in [0, 0.05) is 11.1 Å². The highest BCUT2D eigenvalue weighted by Gasteiger charge is 2.32. The first-order valence-electron chi connectivity index (χ1n) is 5.50. The average Bonchev–Trinajstić information content (AvgIpc) is 2.65. The molecule has 2 rings (SSSR count). The number of carbonyl (C=O) groups is 1. The standard InChI is InChI=1S/C12H14BrNO3/c13-11-4-2-1-3-9(11)7-14-10(5-6-15)8-17-12(14)16/h1-4,10,15H,5-8H2. The van der Waals surface area contributed by atoms with E-state index in [-0.39, 0.29) is 18.7 Å². The molecule has 1 aliphatic heterocycles. The van der Waals surface area contributed by atoms with Crippen molar-refractivity contribution in [3.8, 4) is 0 Å². The van der Waals surface area contributed by atoms with Gasteiger partial charge in [0.05, 0.1) is 12.6 Å². The maximum absolute atomic E-state index is 11.6. The molecule has 0 spiro atoms. The van der Waals surface area contributed by atoms with Gasteiger partial charge < -0.3 is 9.84 Å². The molecule has 1 N–H and O–H groups in total. The lowest BCUT2D eigenvalue weighted by Crippen LogP contribution is -2.33. The van der Waals surface area contributed by atoms with Crippen LogP contribution in [0, 0.1) is 0 Å².